The van der Waals surface area contributed by atoms with Gasteiger partial charge in [0.2, 0.25) is 0 Å². The van der Waals surface area contributed by atoms with Crippen molar-refractivity contribution in [3.05, 3.63) is 53.1 Å². The number of nitrogens with one attached hydrogen (secondary N) is 1. The van der Waals surface area contributed by atoms with Crippen molar-refractivity contribution in [2.75, 3.05) is 6.54 Å². The summed E-state index contributed by atoms with van der Waals surface area (Å²) in [5.74, 6) is -0.347. The molecule has 0 spiro atoms. The number of nitrogens with zero attached hydrogens (tertiary/aromatic N) is 3. The molecule has 0 bridgehead atoms. The zero-order valence-corrected chi connectivity index (χ0v) is 11.9. The molecule has 0 aliphatic carbocycles. The number of allylic oxidation sites excluding steroid dienone is 1. The van der Waals surface area contributed by atoms with Crippen LogP contribution in [-0.2, 0) is 0 Å². The lowest BCUT2D eigenvalue weighted by Crippen LogP contribution is -2.01. The third-order valence-corrected chi connectivity index (χ3v) is 2.57. The summed E-state index contributed by atoms with van der Waals surface area (Å²) < 4.78 is 13.0. The first-order chi connectivity index (χ1) is 10.6. The van der Waals surface area contributed by atoms with Crippen LogP contribution in [0.5, 0.6) is 0 Å². The van der Waals surface area contributed by atoms with Crippen molar-refractivity contribution in [2.45, 2.75) is 0 Å². The van der Waals surface area contributed by atoms with Crippen LogP contribution in [-0.4, -0.2) is 32.0 Å². The molecule has 22 heavy (non-hydrogen) atoms. The lowest BCUT2D eigenvalue weighted by Gasteiger charge is -2.06. The van der Waals surface area contributed by atoms with E-state index in [1.807, 2.05) is 0 Å². The molecule has 0 aliphatic heterocycles. The average Bonchev–Trinajstić information content (AvgIpc) is 2.53. The maximum atomic E-state index is 13.0. The fourth-order valence-electron chi connectivity index (χ4n) is 1.59. The van der Waals surface area contributed by atoms with Crippen molar-refractivity contribution in [3.63, 3.8) is 0 Å². The number of nitrogens with two attached hydrogens (primary N) is 2. The summed E-state index contributed by atoms with van der Waals surface area (Å²) in [5, 5.41) is 7.48. The molecular formula is C15H17FN6. The van der Waals surface area contributed by atoms with Crippen LogP contribution in [0.15, 0.2) is 56.7 Å². The van der Waals surface area contributed by atoms with Crippen LogP contribution in [0.4, 0.5) is 4.39 Å². The maximum Gasteiger partial charge on any atom is 0.123 e. The Labute approximate surface area is 128 Å². The van der Waals surface area contributed by atoms with E-state index in [0.717, 1.165) is 12.6 Å². The lowest BCUT2D eigenvalue weighted by atomic mass is 10.1. The van der Waals surface area contributed by atoms with E-state index < -0.39 is 0 Å². The fourth-order valence-corrected chi connectivity index (χ4v) is 1.59. The Morgan fingerprint density at radius 2 is 2.00 bits per heavy atom. The topological polar surface area (TPSA) is 113 Å². The van der Waals surface area contributed by atoms with Gasteiger partial charge in [0.15, 0.2) is 0 Å². The van der Waals surface area contributed by atoms with E-state index in [1.165, 1.54) is 24.5 Å². The van der Waals surface area contributed by atoms with Crippen molar-refractivity contribution < 1.29 is 4.39 Å². The van der Waals surface area contributed by atoms with Gasteiger partial charge in [0.05, 0.1) is 30.5 Å². The minimum Gasteiger partial charge on any atom is -0.396 e. The smallest absolute Gasteiger partial charge is 0.123 e. The SMILES string of the molecule is C=N/C(=C(\C=N)C\N=C/C(N)=C\N=C\N)c1ccc(F)cc1. The van der Waals surface area contributed by atoms with Crippen molar-refractivity contribution in [1.29, 1.82) is 5.41 Å². The second kappa shape index (κ2) is 8.96. The van der Waals surface area contributed by atoms with E-state index in [0.29, 0.717) is 22.5 Å². The van der Waals surface area contributed by atoms with Crippen LogP contribution in [0.2, 0.25) is 0 Å². The Kier molecular flexibility index (Phi) is 6.91. The third kappa shape index (κ3) is 5.12. The van der Waals surface area contributed by atoms with Gasteiger partial charge in [-0.15, -0.1) is 0 Å². The molecule has 0 amide bonds. The van der Waals surface area contributed by atoms with E-state index >= 15 is 0 Å². The van der Waals surface area contributed by atoms with Gasteiger partial charge < -0.3 is 16.9 Å². The molecule has 114 valence electrons. The Morgan fingerprint density at radius 1 is 1.32 bits per heavy atom. The summed E-state index contributed by atoms with van der Waals surface area (Å²) in [6.07, 6.45) is 4.99. The molecule has 5 N–H and O–H groups in total. The number of hydrogen-bond acceptors (Lipinski definition) is 5. The minimum atomic E-state index is -0.347. The molecule has 0 fully saturated rings. The molecule has 1 aromatic rings. The van der Waals surface area contributed by atoms with Crippen LogP contribution < -0.4 is 11.5 Å². The second-order valence-corrected chi connectivity index (χ2v) is 4.08. The highest BCUT2D eigenvalue weighted by atomic mass is 19.1. The first kappa shape index (κ1) is 17.0. The number of hydrogen-bond donors (Lipinski definition) is 3. The highest BCUT2D eigenvalue weighted by Crippen LogP contribution is 2.19. The molecule has 0 saturated carbocycles. The summed E-state index contributed by atoms with van der Waals surface area (Å²) >= 11 is 0. The van der Waals surface area contributed by atoms with Gasteiger partial charge in [0.1, 0.15) is 5.82 Å². The molecule has 0 aliphatic rings. The predicted molar refractivity (Wildman–Crippen MR) is 90.0 cm³/mol. The van der Waals surface area contributed by atoms with Crippen LogP contribution in [0.1, 0.15) is 5.56 Å². The van der Waals surface area contributed by atoms with Crippen molar-refractivity contribution >= 4 is 31.2 Å². The molecule has 0 radical (unpaired) electrons. The predicted octanol–water partition coefficient (Wildman–Crippen LogP) is 1.74. The monoisotopic (exact) mass is 300 g/mol. The summed E-state index contributed by atoms with van der Waals surface area (Å²) in [6, 6.07) is 5.77. The van der Waals surface area contributed by atoms with Crippen molar-refractivity contribution in [2.24, 2.45) is 26.4 Å². The molecular weight excluding hydrogens is 283 g/mol. The van der Waals surface area contributed by atoms with Crippen LogP contribution in [0.3, 0.4) is 0 Å². The first-order valence-electron chi connectivity index (χ1n) is 6.27. The summed E-state index contributed by atoms with van der Waals surface area (Å²) in [6.45, 7) is 3.66. The Bertz CT molecular complexity index is 641. The number of rotatable bonds is 7. The van der Waals surface area contributed by atoms with E-state index in [1.54, 1.807) is 12.1 Å². The Morgan fingerprint density at radius 3 is 2.55 bits per heavy atom. The quantitative estimate of drug-likeness (QED) is 0.526. The highest BCUT2D eigenvalue weighted by Gasteiger charge is 2.06. The minimum absolute atomic E-state index is 0.177. The van der Waals surface area contributed by atoms with E-state index in [9.17, 15) is 4.39 Å². The molecule has 1 rings (SSSR count). The standard InChI is InChI=1S/C15H17FN6/c1-20-15(11-2-4-13(16)5-3-11)12(6-17)7-21-8-14(19)9-22-10-18/h2-6,8-10,17H,1,7,19H2,(H2,18,22)/b14-9+,15-12+,17-6?,21-8-. The van der Waals surface area contributed by atoms with Crippen LogP contribution in [0, 0.1) is 11.2 Å². The zero-order chi connectivity index (χ0) is 16.4. The highest BCUT2D eigenvalue weighted by molar-refractivity contribution is 5.91. The summed E-state index contributed by atoms with van der Waals surface area (Å²) in [5.41, 5.74) is 12.7. The van der Waals surface area contributed by atoms with E-state index in [-0.39, 0.29) is 12.4 Å². The van der Waals surface area contributed by atoms with Gasteiger partial charge in [-0.25, -0.2) is 9.38 Å². The molecule has 0 heterocycles. The van der Waals surface area contributed by atoms with Gasteiger partial charge in [0.25, 0.3) is 0 Å². The van der Waals surface area contributed by atoms with Crippen LogP contribution in [0.25, 0.3) is 5.70 Å². The zero-order valence-electron chi connectivity index (χ0n) is 11.9. The number of benzene rings is 1. The van der Waals surface area contributed by atoms with E-state index in [4.69, 9.17) is 16.9 Å². The molecule has 0 saturated heterocycles. The van der Waals surface area contributed by atoms with Gasteiger partial charge in [-0.05, 0) is 31.0 Å². The van der Waals surface area contributed by atoms with Gasteiger partial charge in [-0.3, -0.25) is 9.98 Å². The second-order valence-electron chi connectivity index (χ2n) is 4.08. The lowest BCUT2D eigenvalue weighted by molar-refractivity contribution is 0.627. The maximum absolute atomic E-state index is 13.0. The van der Waals surface area contributed by atoms with Gasteiger partial charge in [0, 0.05) is 23.6 Å². The fraction of sp³-hybridized carbons (Fsp3) is 0.0667. The van der Waals surface area contributed by atoms with Gasteiger partial charge in [-0.2, -0.15) is 0 Å². The normalized spacial score (nSPS) is 13.4. The average molecular weight is 300 g/mol. The van der Waals surface area contributed by atoms with Crippen molar-refractivity contribution in [3.8, 4) is 0 Å². The Balaban J connectivity index is 3.00. The molecule has 7 heteroatoms. The Hall–Kier alpha value is -3.09. The first-order valence-corrected chi connectivity index (χ1v) is 6.27. The third-order valence-electron chi connectivity index (χ3n) is 2.57. The number of halogens is 1. The van der Waals surface area contributed by atoms with E-state index in [2.05, 4.69) is 21.7 Å². The molecule has 0 unspecified atom stereocenters. The molecule has 0 aromatic heterocycles. The van der Waals surface area contributed by atoms with Crippen LogP contribution >= 0.6 is 0 Å². The molecule has 1 aromatic carbocycles. The largest absolute Gasteiger partial charge is 0.396 e. The molecule has 0 atom stereocenters. The van der Waals surface area contributed by atoms with Gasteiger partial charge in [-0.1, -0.05) is 0 Å². The summed E-state index contributed by atoms with van der Waals surface area (Å²) in [7, 11) is 0. The van der Waals surface area contributed by atoms with Crippen molar-refractivity contribution in [1.82, 2.24) is 0 Å². The summed E-state index contributed by atoms with van der Waals surface area (Å²) in [4.78, 5) is 11.7. The molecule has 6 nitrogen and oxygen atoms in total. The van der Waals surface area contributed by atoms with Gasteiger partial charge >= 0.3 is 0 Å². The number of aliphatic imine (C=N–C) groups is 3.